The lowest BCUT2D eigenvalue weighted by atomic mass is 9.99. The van der Waals surface area contributed by atoms with Gasteiger partial charge in [-0.15, -0.1) is 0 Å². The van der Waals surface area contributed by atoms with Crippen LogP contribution >= 0.6 is 0 Å². The molecule has 0 unspecified atom stereocenters. The number of amides is 1. The number of nitrogens with two attached hydrogens (primary N) is 1. The molecule has 0 aromatic heterocycles. The molecule has 20 heavy (non-hydrogen) atoms. The SMILES string of the molecule is N[C@@H]1CCC[C@H]1CC(=O)N1CCc2cc(F)c(F)cc21. The summed E-state index contributed by atoms with van der Waals surface area (Å²) in [5.74, 6) is -1.56. The molecule has 1 amide bonds. The summed E-state index contributed by atoms with van der Waals surface area (Å²) < 4.78 is 26.5. The van der Waals surface area contributed by atoms with E-state index < -0.39 is 11.6 Å². The molecule has 1 aromatic carbocycles. The summed E-state index contributed by atoms with van der Waals surface area (Å²) in [5.41, 5.74) is 7.20. The standard InChI is InChI=1S/C15H18F2N2O/c16-11-6-10-4-5-19(14(10)8-12(11)17)15(20)7-9-2-1-3-13(9)18/h6,8-9,13H,1-5,7,18H2/t9-,13+/m0/s1. The largest absolute Gasteiger partial charge is 0.327 e. The summed E-state index contributed by atoms with van der Waals surface area (Å²) in [6, 6.07) is 2.41. The van der Waals surface area contributed by atoms with Crippen LogP contribution in [0.3, 0.4) is 0 Å². The van der Waals surface area contributed by atoms with E-state index >= 15 is 0 Å². The molecule has 3 nitrogen and oxygen atoms in total. The van der Waals surface area contributed by atoms with Crippen LogP contribution in [-0.4, -0.2) is 18.5 Å². The molecule has 3 rings (SSSR count). The zero-order valence-electron chi connectivity index (χ0n) is 11.2. The second-order valence-corrected chi connectivity index (χ2v) is 5.75. The van der Waals surface area contributed by atoms with Gasteiger partial charge in [0.25, 0.3) is 0 Å². The second kappa shape index (κ2) is 5.13. The van der Waals surface area contributed by atoms with Gasteiger partial charge in [-0.25, -0.2) is 8.78 Å². The molecule has 1 heterocycles. The quantitative estimate of drug-likeness (QED) is 0.904. The van der Waals surface area contributed by atoms with E-state index in [-0.39, 0.29) is 17.9 Å². The van der Waals surface area contributed by atoms with Crippen LogP contribution in [-0.2, 0) is 11.2 Å². The zero-order valence-corrected chi connectivity index (χ0v) is 11.2. The van der Waals surface area contributed by atoms with Gasteiger partial charge in [0.05, 0.1) is 0 Å². The van der Waals surface area contributed by atoms with Crippen molar-refractivity contribution < 1.29 is 13.6 Å². The average molecular weight is 280 g/mol. The van der Waals surface area contributed by atoms with E-state index in [2.05, 4.69) is 0 Å². The van der Waals surface area contributed by atoms with Crippen LogP contribution in [0.5, 0.6) is 0 Å². The van der Waals surface area contributed by atoms with Crippen LogP contribution in [0, 0.1) is 17.6 Å². The summed E-state index contributed by atoms with van der Waals surface area (Å²) in [7, 11) is 0. The fourth-order valence-corrected chi connectivity index (χ4v) is 3.29. The van der Waals surface area contributed by atoms with E-state index in [4.69, 9.17) is 5.73 Å². The molecule has 0 radical (unpaired) electrons. The van der Waals surface area contributed by atoms with Crippen LogP contribution in [0.1, 0.15) is 31.2 Å². The second-order valence-electron chi connectivity index (χ2n) is 5.75. The summed E-state index contributed by atoms with van der Waals surface area (Å²) in [4.78, 5) is 13.9. The van der Waals surface area contributed by atoms with E-state index in [9.17, 15) is 13.6 Å². The maximum absolute atomic E-state index is 13.3. The Bertz CT molecular complexity index is 547. The van der Waals surface area contributed by atoms with E-state index in [1.165, 1.54) is 6.07 Å². The Balaban J connectivity index is 1.77. The number of halogens is 2. The smallest absolute Gasteiger partial charge is 0.227 e. The van der Waals surface area contributed by atoms with Gasteiger partial charge in [-0.3, -0.25) is 4.79 Å². The summed E-state index contributed by atoms with van der Waals surface area (Å²) >= 11 is 0. The molecule has 2 N–H and O–H groups in total. The summed E-state index contributed by atoms with van der Waals surface area (Å²) in [5, 5.41) is 0. The molecule has 1 aromatic rings. The molecular weight excluding hydrogens is 262 g/mol. The number of benzene rings is 1. The van der Waals surface area contributed by atoms with Gasteiger partial charge in [0.15, 0.2) is 11.6 Å². The lowest BCUT2D eigenvalue weighted by Crippen LogP contribution is -2.34. The summed E-state index contributed by atoms with van der Waals surface area (Å²) in [6.07, 6.45) is 3.99. The Kier molecular flexibility index (Phi) is 3.46. The number of hydrogen-bond donors (Lipinski definition) is 1. The Hall–Kier alpha value is -1.49. The molecule has 2 atom stereocenters. The number of anilines is 1. The average Bonchev–Trinajstić information content (AvgIpc) is 2.97. The van der Waals surface area contributed by atoms with Crippen molar-refractivity contribution in [2.75, 3.05) is 11.4 Å². The van der Waals surface area contributed by atoms with Crippen LogP contribution in [0.25, 0.3) is 0 Å². The van der Waals surface area contributed by atoms with E-state index in [1.54, 1.807) is 4.90 Å². The maximum Gasteiger partial charge on any atom is 0.227 e. The van der Waals surface area contributed by atoms with Crippen LogP contribution in [0.15, 0.2) is 12.1 Å². The monoisotopic (exact) mass is 280 g/mol. The predicted octanol–water partition coefficient (Wildman–Crippen LogP) is 2.37. The normalized spacial score (nSPS) is 25.1. The van der Waals surface area contributed by atoms with Crippen LogP contribution in [0.4, 0.5) is 14.5 Å². The summed E-state index contributed by atoms with van der Waals surface area (Å²) in [6.45, 7) is 0.499. The minimum atomic E-state index is -0.902. The minimum Gasteiger partial charge on any atom is -0.327 e. The number of fused-ring (bicyclic) bond motifs is 1. The van der Waals surface area contributed by atoms with Crippen molar-refractivity contribution in [3.8, 4) is 0 Å². The van der Waals surface area contributed by atoms with Crippen molar-refractivity contribution in [3.63, 3.8) is 0 Å². The van der Waals surface area contributed by atoms with Gasteiger partial charge in [-0.05, 0) is 36.8 Å². The fourth-order valence-electron chi connectivity index (χ4n) is 3.29. The van der Waals surface area contributed by atoms with Gasteiger partial charge >= 0.3 is 0 Å². The van der Waals surface area contributed by atoms with E-state index in [1.807, 2.05) is 0 Å². The molecule has 1 aliphatic heterocycles. The molecule has 108 valence electrons. The van der Waals surface area contributed by atoms with Crippen LogP contribution < -0.4 is 10.6 Å². The first-order valence-electron chi connectivity index (χ1n) is 7.10. The van der Waals surface area contributed by atoms with E-state index in [0.29, 0.717) is 30.6 Å². The number of rotatable bonds is 2. The highest BCUT2D eigenvalue weighted by Crippen LogP contribution is 2.33. The van der Waals surface area contributed by atoms with Gasteiger partial charge in [-0.2, -0.15) is 0 Å². The highest BCUT2D eigenvalue weighted by atomic mass is 19.2. The number of carbonyl (C=O) groups excluding carboxylic acids is 1. The minimum absolute atomic E-state index is 0.0305. The predicted molar refractivity (Wildman–Crippen MR) is 72.3 cm³/mol. The third-order valence-electron chi connectivity index (χ3n) is 4.47. The maximum atomic E-state index is 13.3. The Morgan fingerprint density at radius 3 is 2.75 bits per heavy atom. The first-order valence-corrected chi connectivity index (χ1v) is 7.10. The van der Waals surface area contributed by atoms with Gasteiger partial charge in [0.2, 0.25) is 5.91 Å². The Morgan fingerprint density at radius 1 is 1.30 bits per heavy atom. The number of carbonyl (C=O) groups is 1. The topological polar surface area (TPSA) is 46.3 Å². The van der Waals surface area contributed by atoms with Gasteiger partial charge in [-0.1, -0.05) is 6.42 Å². The third-order valence-corrected chi connectivity index (χ3v) is 4.47. The molecule has 1 aliphatic carbocycles. The molecule has 0 spiro atoms. The molecule has 0 bridgehead atoms. The lowest BCUT2D eigenvalue weighted by molar-refractivity contribution is -0.119. The molecular formula is C15H18F2N2O. The highest BCUT2D eigenvalue weighted by Gasteiger charge is 2.31. The zero-order chi connectivity index (χ0) is 14.3. The first-order chi connectivity index (χ1) is 9.56. The Labute approximate surface area is 116 Å². The van der Waals surface area contributed by atoms with Crippen molar-refractivity contribution in [2.45, 2.75) is 38.1 Å². The Morgan fingerprint density at radius 2 is 2.05 bits per heavy atom. The molecule has 2 aliphatic rings. The van der Waals surface area contributed by atoms with Crippen molar-refractivity contribution in [3.05, 3.63) is 29.3 Å². The van der Waals surface area contributed by atoms with Crippen LogP contribution in [0.2, 0.25) is 0 Å². The van der Waals surface area contributed by atoms with Gasteiger partial charge in [0, 0.05) is 30.8 Å². The van der Waals surface area contributed by atoms with Gasteiger partial charge < -0.3 is 10.6 Å². The van der Waals surface area contributed by atoms with E-state index in [0.717, 1.165) is 25.3 Å². The van der Waals surface area contributed by atoms with Crippen molar-refractivity contribution in [1.29, 1.82) is 0 Å². The van der Waals surface area contributed by atoms with Gasteiger partial charge in [0.1, 0.15) is 0 Å². The van der Waals surface area contributed by atoms with Crippen molar-refractivity contribution in [1.82, 2.24) is 0 Å². The number of hydrogen-bond acceptors (Lipinski definition) is 2. The number of nitrogens with zero attached hydrogens (tertiary/aromatic N) is 1. The molecule has 1 fully saturated rings. The first kappa shape index (κ1) is 13.5. The lowest BCUT2D eigenvalue weighted by Gasteiger charge is -2.21. The highest BCUT2D eigenvalue weighted by molar-refractivity contribution is 5.95. The molecule has 1 saturated carbocycles. The third kappa shape index (κ3) is 2.30. The molecule has 5 heteroatoms. The fraction of sp³-hybridized carbons (Fsp3) is 0.533. The molecule has 0 saturated heterocycles. The van der Waals surface area contributed by atoms with Crippen molar-refractivity contribution in [2.24, 2.45) is 11.7 Å². The van der Waals surface area contributed by atoms with Crippen molar-refractivity contribution >= 4 is 11.6 Å².